The summed E-state index contributed by atoms with van der Waals surface area (Å²) in [5.74, 6) is -1.73. The third-order valence-electron chi connectivity index (χ3n) is 2.56. The quantitative estimate of drug-likeness (QED) is 0.817. The zero-order chi connectivity index (χ0) is 15.6. The van der Waals surface area contributed by atoms with Crippen molar-refractivity contribution in [2.75, 3.05) is 0 Å². The zero-order valence-corrected chi connectivity index (χ0v) is 13.6. The summed E-state index contributed by atoms with van der Waals surface area (Å²) < 4.78 is 40.4. The van der Waals surface area contributed by atoms with Crippen molar-refractivity contribution in [3.05, 3.63) is 50.4 Å². The van der Waals surface area contributed by atoms with Crippen LogP contribution in [-0.2, 0) is 16.6 Å². The molecular weight excluding hydrogens is 385 g/mol. The summed E-state index contributed by atoms with van der Waals surface area (Å²) in [6.07, 6.45) is 0. The number of carbonyl (C=O) groups is 1. The fourth-order valence-corrected chi connectivity index (χ4v) is 4.03. The Labute approximate surface area is 132 Å². The summed E-state index contributed by atoms with van der Waals surface area (Å²) in [7, 11) is -3.89. The van der Waals surface area contributed by atoms with E-state index in [4.69, 9.17) is 5.11 Å². The lowest BCUT2D eigenvalue weighted by atomic mass is 10.2. The minimum absolute atomic E-state index is 0.0796. The first kappa shape index (κ1) is 16.1. The number of carboxylic acid groups (broad SMARTS) is 1. The minimum atomic E-state index is -3.89. The minimum Gasteiger partial charge on any atom is -0.477 e. The van der Waals surface area contributed by atoms with E-state index in [0.29, 0.717) is 4.47 Å². The molecule has 0 amide bonds. The summed E-state index contributed by atoms with van der Waals surface area (Å²) >= 11 is 3.98. The molecule has 0 spiro atoms. The highest BCUT2D eigenvalue weighted by molar-refractivity contribution is 9.10. The molecule has 0 atom stereocenters. The fourth-order valence-electron chi connectivity index (χ4n) is 1.51. The van der Waals surface area contributed by atoms with Gasteiger partial charge >= 0.3 is 5.97 Å². The summed E-state index contributed by atoms with van der Waals surface area (Å²) in [4.78, 5) is 10.5. The van der Waals surface area contributed by atoms with Crippen LogP contribution in [0.3, 0.4) is 0 Å². The van der Waals surface area contributed by atoms with Gasteiger partial charge in [0.15, 0.2) is 0 Å². The third kappa shape index (κ3) is 3.88. The molecule has 0 radical (unpaired) electrons. The lowest BCUT2D eigenvalue weighted by Crippen LogP contribution is -2.23. The molecule has 0 saturated heterocycles. The molecule has 1 aromatic heterocycles. The first-order chi connectivity index (χ1) is 9.79. The van der Waals surface area contributed by atoms with E-state index in [2.05, 4.69) is 20.7 Å². The van der Waals surface area contributed by atoms with Gasteiger partial charge in [0.05, 0.1) is 4.90 Å². The van der Waals surface area contributed by atoms with Crippen molar-refractivity contribution in [2.24, 2.45) is 0 Å². The molecule has 1 heterocycles. The van der Waals surface area contributed by atoms with Crippen LogP contribution in [-0.4, -0.2) is 19.5 Å². The van der Waals surface area contributed by atoms with Crippen LogP contribution >= 0.6 is 27.3 Å². The lowest BCUT2D eigenvalue weighted by molar-refractivity contribution is 0.0702. The van der Waals surface area contributed by atoms with Crippen LogP contribution in [0, 0.1) is 5.82 Å². The van der Waals surface area contributed by atoms with Gasteiger partial charge in [-0.1, -0.05) is 15.9 Å². The molecule has 2 aromatic rings. The second-order valence-corrected chi connectivity index (χ2v) is 7.61. The average molecular weight is 394 g/mol. The van der Waals surface area contributed by atoms with Crippen LogP contribution in [0.1, 0.15) is 15.2 Å². The molecule has 0 fully saturated rings. The average Bonchev–Trinajstić information content (AvgIpc) is 2.90. The maximum Gasteiger partial charge on any atom is 0.345 e. The van der Waals surface area contributed by atoms with E-state index in [-0.39, 0.29) is 21.9 Å². The predicted octanol–water partition coefficient (Wildman–Crippen LogP) is 2.83. The Hall–Kier alpha value is -1.29. The van der Waals surface area contributed by atoms with Gasteiger partial charge in [-0.2, -0.15) is 0 Å². The van der Waals surface area contributed by atoms with Crippen molar-refractivity contribution >= 4 is 43.3 Å². The lowest BCUT2D eigenvalue weighted by Gasteiger charge is -2.06. The van der Waals surface area contributed by atoms with Crippen molar-refractivity contribution in [2.45, 2.75) is 11.4 Å². The van der Waals surface area contributed by atoms with Crippen molar-refractivity contribution in [3.63, 3.8) is 0 Å². The molecule has 0 aliphatic rings. The second-order valence-electron chi connectivity index (χ2n) is 4.01. The molecule has 5 nitrogen and oxygen atoms in total. The van der Waals surface area contributed by atoms with Gasteiger partial charge in [0.1, 0.15) is 10.7 Å². The van der Waals surface area contributed by atoms with E-state index >= 15 is 0 Å². The summed E-state index contributed by atoms with van der Waals surface area (Å²) in [6, 6.07) is 5.26. The van der Waals surface area contributed by atoms with Gasteiger partial charge in [-0.25, -0.2) is 22.3 Å². The topological polar surface area (TPSA) is 83.5 Å². The molecule has 0 aliphatic heterocycles. The standard InChI is InChI=1S/C12H9BrFNO4S2/c13-8-1-2-10(14)7(3-8)5-15-21(18,19)9-4-11(12(16)17)20-6-9/h1-4,6,15H,5H2,(H,16,17). The van der Waals surface area contributed by atoms with Crippen LogP contribution < -0.4 is 4.72 Å². The molecule has 0 unspecified atom stereocenters. The Morgan fingerprint density at radius 3 is 2.71 bits per heavy atom. The largest absolute Gasteiger partial charge is 0.477 e. The Balaban J connectivity index is 2.17. The normalized spacial score (nSPS) is 11.5. The highest BCUT2D eigenvalue weighted by Gasteiger charge is 2.18. The maximum absolute atomic E-state index is 13.5. The van der Waals surface area contributed by atoms with Gasteiger partial charge in [-0.05, 0) is 24.3 Å². The van der Waals surface area contributed by atoms with E-state index in [1.165, 1.54) is 23.6 Å². The number of halogens is 2. The number of rotatable bonds is 5. The molecular formula is C12H9BrFNO4S2. The van der Waals surface area contributed by atoms with Crippen LogP contribution in [0.25, 0.3) is 0 Å². The molecule has 0 bridgehead atoms. The van der Waals surface area contributed by atoms with Crippen molar-refractivity contribution in [1.82, 2.24) is 4.72 Å². The van der Waals surface area contributed by atoms with Crippen LogP contribution in [0.2, 0.25) is 0 Å². The third-order valence-corrected chi connectivity index (χ3v) is 5.50. The Morgan fingerprint density at radius 1 is 1.38 bits per heavy atom. The first-order valence-corrected chi connectivity index (χ1v) is 8.70. The van der Waals surface area contributed by atoms with Gasteiger partial charge in [-0.3, -0.25) is 0 Å². The van der Waals surface area contributed by atoms with E-state index in [9.17, 15) is 17.6 Å². The smallest absolute Gasteiger partial charge is 0.345 e. The van der Waals surface area contributed by atoms with Crippen molar-refractivity contribution < 1.29 is 22.7 Å². The Morgan fingerprint density at radius 2 is 2.10 bits per heavy atom. The number of nitrogens with one attached hydrogen (secondary N) is 1. The first-order valence-electron chi connectivity index (χ1n) is 5.55. The highest BCUT2D eigenvalue weighted by atomic mass is 79.9. The van der Waals surface area contributed by atoms with Gasteiger partial charge in [0.25, 0.3) is 0 Å². The number of hydrogen-bond donors (Lipinski definition) is 2. The van der Waals surface area contributed by atoms with Crippen LogP contribution in [0.15, 0.2) is 39.0 Å². The monoisotopic (exact) mass is 393 g/mol. The number of hydrogen-bond acceptors (Lipinski definition) is 4. The molecule has 0 aliphatic carbocycles. The van der Waals surface area contributed by atoms with E-state index in [1.807, 2.05) is 0 Å². The predicted molar refractivity (Wildman–Crippen MR) is 79.4 cm³/mol. The van der Waals surface area contributed by atoms with Crippen molar-refractivity contribution in [1.29, 1.82) is 0 Å². The van der Waals surface area contributed by atoms with Crippen molar-refractivity contribution in [3.8, 4) is 0 Å². The maximum atomic E-state index is 13.5. The number of aromatic carboxylic acids is 1. The summed E-state index contributed by atoms with van der Waals surface area (Å²) in [5.41, 5.74) is 0.182. The molecule has 1 aromatic carbocycles. The van der Waals surface area contributed by atoms with Gasteiger partial charge in [0, 0.05) is 22.0 Å². The fraction of sp³-hybridized carbons (Fsp3) is 0.0833. The Bertz CT molecular complexity index is 788. The number of thiophene rings is 1. The molecule has 0 saturated carbocycles. The highest BCUT2D eigenvalue weighted by Crippen LogP contribution is 2.20. The molecule has 21 heavy (non-hydrogen) atoms. The molecule has 2 N–H and O–H groups in total. The van der Waals surface area contributed by atoms with Crippen LogP contribution in [0.5, 0.6) is 0 Å². The van der Waals surface area contributed by atoms with E-state index in [0.717, 1.165) is 17.4 Å². The van der Waals surface area contributed by atoms with Gasteiger partial charge in [-0.15, -0.1) is 11.3 Å². The number of benzene rings is 1. The summed E-state index contributed by atoms with van der Waals surface area (Å²) in [5, 5.41) is 10.0. The second kappa shape index (κ2) is 6.22. The van der Waals surface area contributed by atoms with E-state index < -0.39 is 21.8 Å². The SMILES string of the molecule is O=C(O)c1cc(S(=O)(=O)NCc2cc(Br)ccc2F)cs1. The van der Waals surface area contributed by atoms with Gasteiger partial charge in [0.2, 0.25) is 10.0 Å². The zero-order valence-electron chi connectivity index (χ0n) is 10.3. The number of carboxylic acids is 1. The Kier molecular flexibility index (Phi) is 4.77. The summed E-state index contributed by atoms with van der Waals surface area (Å²) in [6.45, 7) is -0.230. The molecule has 9 heteroatoms. The van der Waals surface area contributed by atoms with Crippen LogP contribution in [0.4, 0.5) is 4.39 Å². The van der Waals surface area contributed by atoms with E-state index in [1.54, 1.807) is 0 Å². The number of sulfonamides is 1. The van der Waals surface area contributed by atoms with Gasteiger partial charge < -0.3 is 5.11 Å². The molecule has 2 rings (SSSR count). The molecule has 112 valence electrons.